The number of carbonyl (C=O) groups is 1. The van der Waals surface area contributed by atoms with E-state index in [2.05, 4.69) is 20.3 Å². The molecule has 0 aliphatic heterocycles. The molecule has 0 aromatic carbocycles. The summed E-state index contributed by atoms with van der Waals surface area (Å²) >= 11 is 0. The van der Waals surface area contributed by atoms with Crippen molar-refractivity contribution < 1.29 is 4.79 Å². The summed E-state index contributed by atoms with van der Waals surface area (Å²) in [6.07, 6.45) is 10.8. The highest BCUT2D eigenvalue weighted by Gasteiger charge is 2.03. The van der Waals surface area contributed by atoms with E-state index in [0.717, 1.165) is 5.69 Å². The Labute approximate surface area is 115 Å². The van der Waals surface area contributed by atoms with Gasteiger partial charge in [0, 0.05) is 25.1 Å². The van der Waals surface area contributed by atoms with Crippen LogP contribution in [-0.4, -0.2) is 31.8 Å². The van der Waals surface area contributed by atoms with E-state index in [1.54, 1.807) is 30.7 Å². The van der Waals surface area contributed by atoms with E-state index in [1.807, 2.05) is 28.8 Å². The van der Waals surface area contributed by atoms with Crippen molar-refractivity contribution in [2.75, 3.05) is 6.54 Å². The Balaban J connectivity index is 1.62. The van der Waals surface area contributed by atoms with Crippen molar-refractivity contribution in [1.29, 1.82) is 0 Å². The summed E-state index contributed by atoms with van der Waals surface area (Å²) in [7, 11) is 0. The quantitative estimate of drug-likeness (QED) is 0.752. The summed E-state index contributed by atoms with van der Waals surface area (Å²) < 4.78 is 1.88. The minimum atomic E-state index is -0.126. The van der Waals surface area contributed by atoms with E-state index in [0.29, 0.717) is 18.0 Å². The molecule has 3 aromatic rings. The van der Waals surface area contributed by atoms with Crippen molar-refractivity contribution >= 4 is 17.8 Å². The molecule has 0 unspecified atom stereocenters. The highest BCUT2D eigenvalue weighted by Crippen LogP contribution is 2.04. The van der Waals surface area contributed by atoms with E-state index in [9.17, 15) is 4.79 Å². The fourth-order valence-electron chi connectivity index (χ4n) is 1.87. The van der Waals surface area contributed by atoms with Gasteiger partial charge in [0.25, 0.3) is 5.91 Å². The molecular weight excluding hydrogens is 254 g/mol. The molecule has 1 amide bonds. The number of H-pyrrole nitrogens is 1. The summed E-state index contributed by atoms with van der Waals surface area (Å²) in [6, 6.07) is 5.37. The third kappa shape index (κ3) is 2.44. The molecule has 6 nitrogen and oxygen atoms in total. The average molecular weight is 267 g/mol. The van der Waals surface area contributed by atoms with Crippen molar-refractivity contribution in [3.8, 4) is 0 Å². The van der Waals surface area contributed by atoms with E-state index in [4.69, 9.17) is 0 Å². The van der Waals surface area contributed by atoms with Crippen molar-refractivity contribution in [3.63, 3.8) is 0 Å². The largest absolute Gasteiger partial charge is 0.357 e. The number of carbonyl (C=O) groups excluding carboxylic acids is 1. The number of imidazole rings is 1. The lowest BCUT2D eigenvalue weighted by atomic mass is 10.3. The number of fused-ring (bicyclic) bond motifs is 1. The van der Waals surface area contributed by atoms with Gasteiger partial charge < -0.3 is 10.3 Å². The van der Waals surface area contributed by atoms with Gasteiger partial charge in [-0.25, -0.2) is 9.97 Å². The molecule has 0 fully saturated rings. The molecule has 0 atom stereocenters. The number of amides is 1. The summed E-state index contributed by atoms with van der Waals surface area (Å²) in [6.45, 7) is 0.450. The fraction of sp³-hybridized carbons (Fsp3) is 0.0714. The first-order valence-corrected chi connectivity index (χ1v) is 6.21. The second kappa shape index (κ2) is 5.40. The van der Waals surface area contributed by atoms with Gasteiger partial charge in [-0.15, -0.1) is 0 Å². The SMILES string of the molecule is O=C(NC/C=C/c1cnc2ncccn12)c1ccc[nH]1. The molecule has 3 rings (SSSR count). The van der Waals surface area contributed by atoms with Gasteiger partial charge in [0.15, 0.2) is 0 Å². The number of hydrogen-bond acceptors (Lipinski definition) is 3. The summed E-state index contributed by atoms with van der Waals surface area (Å²) in [5, 5.41) is 2.79. The number of nitrogens with one attached hydrogen (secondary N) is 2. The summed E-state index contributed by atoms with van der Waals surface area (Å²) in [4.78, 5) is 22.9. The maximum atomic E-state index is 11.7. The van der Waals surface area contributed by atoms with Crippen molar-refractivity contribution in [2.45, 2.75) is 0 Å². The lowest BCUT2D eigenvalue weighted by Gasteiger charge is -1.99. The zero-order chi connectivity index (χ0) is 13.8. The van der Waals surface area contributed by atoms with Gasteiger partial charge in [0.2, 0.25) is 5.78 Å². The molecule has 100 valence electrons. The van der Waals surface area contributed by atoms with Crippen molar-refractivity contribution in [1.82, 2.24) is 24.7 Å². The number of nitrogens with zero attached hydrogens (tertiary/aromatic N) is 3. The van der Waals surface area contributed by atoms with Gasteiger partial charge in [0.05, 0.1) is 11.9 Å². The van der Waals surface area contributed by atoms with Crippen LogP contribution in [0.5, 0.6) is 0 Å². The number of aromatic nitrogens is 4. The Kier molecular flexibility index (Phi) is 3.28. The molecule has 0 aliphatic rings. The first-order valence-electron chi connectivity index (χ1n) is 6.21. The molecule has 0 saturated carbocycles. The van der Waals surface area contributed by atoms with Crippen LogP contribution in [0, 0.1) is 0 Å². The van der Waals surface area contributed by atoms with Crippen LogP contribution in [0.25, 0.3) is 11.9 Å². The van der Waals surface area contributed by atoms with Crippen LogP contribution in [0.3, 0.4) is 0 Å². The van der Waals surface area contributed by atoms with Crippen molar-refractivity contribution in [3.05, 3.63) is 60.5 Å². The molecule has 3 aromatic heterocycles. The van der Waals surface area contributed by atoms with E-state index in [1.165, 1.54) is 0 Å². The average Bonchev–Trinajstić information content (AvgIpc) is 3.13. The van der Waals surface area contributed by atoms with Crippen LogP contribution < -0.4 is 5.32 Å². The molecule has 0 radical (unpaired) electrons. The highest BCUT2D eigenvalue weighted by molar-refractivity contribution is 5.92. The Morgan fingerprint density at radius 3 is 3.20 bits per heavy atom. The van der Waals surface area contributed by atoms with E-state index >= 15 is 0 Å². The minimum absolute atomic E-state index is 0.126. The zero-order valence-electron chi connectivity index (χ0n) is 10.7. The molecule has 3 heterocycles. The van der Waals surface area contributed by atoms with Gasteiger partial charge in [-0.3, -0.25) is 9.20 Å². The van der Waals surface area contributed by atoms with Gasteiger partial charge in [-0.2, -0.15) is 0 Å². The van der Waals surface area contributed by atoms with Crippen LogP contribution in [0.2, 0.25) is 0 Å². The number of rotatable bonds is 4. The molecule has 6 heteroatoms. The maximum absolute atomic E-state index is 11.7. The Bertz CT molecular complexity index is 742. The van der Waals surface area contributed by atoms with Gasteiger partial charge >= 0.3 is 0 Å². The third-order valence-electron chi connectivity index (χ3n) is 2.83. The van der Waals surface area contributed by atoms with Crippen LogP contribution >= 0.6 is 0 Å². The first-order chi connectivity index (χ1) is 9.84. The molecule has 0 saturated heterocycles. The Morgan fingerprint density at radius 2 is 2.35 bits per heavy atom. The van der Waals surface area contributed by atoms with Crippen LogP contribution in [0.4, 0.5) is 0 Å². The fourth-order valence-corrected chi connectivity index (χ4v) is 1.87. The maximum Gasteiger partial charge on any atom is 0.267 e. The second-order valence-corrected chi connectivity index (χ2v) is 4.17. The number of hydrogen-bond donors (Lipinski definition) is 2. The first kappa shape index (κ1) is 12.2. The standard InChI is InChI=1S/C14H13N5O/c20-13(12-5-2-6-15-12)16-7-1-4-11-10-18-14-17-8-3-9-19(11)14/h1-6,8-10,15H,7H2,(H,16,20)/b4-1+. The predicted octanol–water partition coefficient (Wildman–Crippen LogP) is 1.50. The minimum Gasteiger partial charge on any atom is -0.357 e. The zero-order valence-corrected chi connectivity index (χ0v) is 10.7. The number of aromatic amines is 1. The Hall–Kier alpha value is -2.89. The summed E-state index contributed by atoms with van der Waals surface area (Å²) in [5.74, 6) is 0.530. The van der Waals surface area contributed by atoms with Crippen LogP contribution in [-0.2, 0) is 0 Å². The smallest absolute Gasteiger partial charge is 0.267 e. The normalized spacial score (nSPS) is 11.2. The van der Waals surface area contributed by atoms with E-state index in [-0.39, 0.29) is 5.91 Å². The molecule has 0 aliphatic carbocycles. The third-order valence-corrected chi connectivity index (χ3v) is 2.83. The predicted molar refractivity (Wildman–Crippen MR) is 75.1 cm³/mol. The highest BCUT2D eigenvalue weighted by atomic mass is 16.1. The molecule has 20 heavy (non-hydrogen) atoms. The monoisotopic (exact) mass is 267 g/mol. The van der Waals surface area contributed by atoms with Crippen LogP contribution in [0.15, 0.2) is 49.1 Å². The van der Waals surface area contributed by atoms with Gasteiger partial charge in [0.1, 0.15) is 5.69 Å². The molecule has 0 spiro atoms. The van der Waals surface area contributed by atoms with Crippen molar-refractivity contribution in [2.24, 2.45) is 0 Å². The molecule has 0 bridgehead atoms. The van der Waals surface area contributed by atoms with Gasteiger partial charge in [-0.05, 0) is 24.3 Å². The Morgan fingerprint density at radius 1 is 1.40 bits per heavy atom. The van der Waals surface area contributed by atoms with E-state index < -0.39 is 0 Å². The topological polar surface area (TPSA) is 75.1 Å². The summed E-state index contributed by atoms with van der Waals surface area (Å²) in [5.41, 5.74) is 1.47. The second-order valence-electron chi connectivity index (χ2n) is 4.17. The lowest BCUT2D eigenvalue weighted by molar-refractivity contribution is 0.0953. The van der Waals surface area contributed by atoms with Crippen LogP contribution in [0.1, 0.15) is 16.2 Å². The van der Waals surface area contributed by atoms with Gasteiger partial charge in [-0.1, -0.05) is 6.08 Å². The molecular formula is C14H13N5O. The molecule has 2 N–H and O–H groups in total. The lowest BCUT2D eigenvalue weighted by Crippen LogP contribution is -2.23.